The minimum atomic E-state index is -0.999. The molecule has 1 aliphatic rings. The summed E-state index contributed by atoms with van der Waals surface area (Å²) in [6, 6.07) is 1.72. The molecule has 1 saturated carbocycles. The lowest BCUT2D eigenvalue weighted by molar-refractivity contribution is 0.0660. The van der Waals surface area contributed by atoms with Gasteiger partial charge in [0.15, 0.2) is 0 Å². The van der Waals surface area contributed by atoms with Crippen molar-refractivity contribution in [1.82, 2.24) is 5.32 Å². The smallest absolute Gasteiger partial charge is 0.372 e. The van der Waals surface area contributed by atoms with Crippen LogP contribution < -0.4 is 5.32 Å². The van der Waals surface area contributed by atoms with Gasteiger partial charge in [0.1, 0.15) is 0 Å². The maximum absolute atomic E-state index is 10.8. The van der Waals surface area contributed by atoms with E-state index in [2.05, 4.69) is 12.2 Å². The molecule has 0 atom stereocenters. The first-order valence-corrected chi connectivity index (χ1v) is 6.17. The highest BCUT2D eigenvalue weighted by Gasteiger charge is 2.34. The maximum atomic E-state index is 10.8. The molecule has 1 aromatic heterocycles. The lowest BCUT2D eigenvalue weighted by Crippen LogP contribution is -2.39. The van der Waals surface area contributed by atoms with Gasteiger partial charge in [-0.2, -0.15) is 0 Å². The Morgan fingerprint density at radius 1 is 1.59 bits per heavy atom. The molecule has 17 heavy (non-hydrogen) atoms. The van der Waals surface area contributed by atoms with E-state index in [9.17, 15) is 4.79 Å². The van der Waals surface area contributed by atoms with Crippen LogP contribution in [0.4, 0.5) is 0 Å². The molecule has 1 aliphatic carbocycles. The summed E-state index contributed by atoms with van der Waals surface area (Å²) >= 11 is 0. The topological polar surface area (TPSA) is 62.5 Å². The fourth-order valence-corrected chi connectivity index (χ4v) is 2.46. The molecule has 0 unspecified atom stereocenters. The van der Waals surface area contributed by atoms with Crippen molar-refractivity contribution < 1.29 is 14.3 Å². The van der Waals surface area contributed by atoms with Gasteiger partial charge in [0.05, 0.1) is 6.26 Å². The molecule has 0 saturated heterocycles. The molecular weight excluding hydrogens is 218 g/mol. The van der Waals surface area contributed by atoms with Gasteiger partial charge in [0.2, 0.25) is 5.76 Å². The number of furan rings is 1. The lowest BCUT2D eigenvalue weighted by atomic mass is 9.67. The van der Waals surface area contributed by atoms with Gasteiger partial charge < -0.3 is 14.8 Å². The highest BCUT2D eigenvalue weighted by molar-refractivity contribution is 5.86. The molecular formula is C13H19NO3. The maximum Gasteiger partial charge on any atom is 0.372 e. The Morgan fingerprint density at radius 3 is 2.88 bits per heavy atom. The zero-order valence-corrected chi connectivity index (χ0v) is 10.2. The first-order chi connectivity index (χ1) is 8.17. The van der Waals surface area contributed by atoms with E-state index in [1.54, 1.807) is 6.07 Å². The highest BCUT2D eigenvalue weighted by atomic mass is 16.4. The van der Waals surface area contributed by atoms with Gasteiger partial charge >= 0.3 is 5.97 Å². The molecule has 4 nitrogen and oxygen atoms in total. The summed E-state index contributed by atoms with van der Waals surface area (Å²) in [5.41, 5.74) is 1.18. The van der Waals surface area contributed by atoms with Gasteiger partial charge in [-0.3, -0.25) is 0 Å². The Morgan fingerprint density at radius 2 is 2.35 bits per heavy atom. The zero-order valence-electron chi connectivity index (χ0n) is 10.2. The van der Waals surface area contributed by atoms with Crippen molar-refractivity contribution >= 4 is 5.97 Å². The summed E-state index contributed by atoms with van der Waals surface area (Å²) < 4.78 is 4.94. The summed E-state index contributed by atoms with van der Waals surface area (Å²) in [5.74, 6) is -0.947. The van der Waals surface area contributed by atoms with Crippen molar-refractivity contribution in [3.63, 3.8) is 0 Å². The molecule has 2 rings (SSSR count). The SMILES string of the molecule is CCC1(CNCc2ccoc2C(=O)O)CCC1. The second kappa shape index (κ2) is 4.92. The van der Waals surface area contributed by atoms with Gasteiger partial charge in [-0.15, -0.1) is 0 Å². The van der Waals surface area contributed by atoms with E-state index >= 15 is 0 Å². The summed E-state index contributed by atoms with van der Waals surface area (Å²) in [7, 11) is 0. The van der Waals surface area contributed by atoms with Crippen LogP contribution in [0.25, 0.3) is 0 Å². The van der Waals surface area contributed by atoms with Gasteiger partial charge in [-0.1, -0.05) is 13.3 Å². The molecule has 94 valence electrons. The number of carbonyl (C=O) groups is 1. The molecule has 0 aromatic carbocycles. The van der Waals surface area contributed by atoms with E-state index in [0.29, 0.717) is 12.0 Å². The third-order valence-electron chi connectivity index (χ3n) is 3.92. The Balaban J connectivity index is 1.85. The average molecular weight is 237 g/mol. The van der Waals surface area contributed by atoms with Crippen molar-refractivity contribution in [3.8, 4) is 0 Å². The van der Waals surface area contributed by atoms with Crippen LogP contribution >= 0.6 is 0 Å². The van der Waals surface area contributed by atoms with E-state index in [0.717, 1.165) is 12.1 Å². The second-order valence-electron chi connectivity index (χ2n) is 4.89. The van der Waals surface area contributed by atoms with E-state index in [1.807, 2.05) is 0 Å². The van der Waals surface area contributed by atoms with Crippen LogP contribution in [0.1, 0.15) is 48.7 Å². The molecule has 4 heteroatoms. The summed E-state index contributed by atoms with van der Waals surface area (Å²) in [6.45, 7) is 3.76. The van der Waals surface area contributed by atoms with E-state index in [4.69, 9.17) is 9.52 Å². The molecule has 2 N–H and O–H groups in total. The van der Waals surface area contributed by atoms with E-state index < -0.39 is 5.97 Å². The Hall–Kier alpha value is -1.29. The number of nitrogens with one attached hydrogen (secondary N) is 1. The van der Waals surface area contributed by atoms with Crippen LogP contribution in [-0.2, 0) is 6.54 Å². The Labute approximate surface area is 101 Å². The van der Waals surface area contributed by atoms with Crippen LogP contribution in [-0.4, -0.2) is 17.6 Å². The molecule has 0 spiro atoms. The lowest BCUT2D eigenvalue weighted by Gasteiger charge is -2.41. The molecule has 0 radical (unpaired) electrons. The number of carboxylic acids is 1. The number of aromatic carboxylic acids is 1. The number of hydrogen-bond acceptors (Lipinski definition) is 3. The number of carboxylic acid groups (broad SMARTS) is 1. The quantitative estimate of drug-likeness (QED) is 0.798. The monoisotopic (exact) mass is 237 g/mol. The fourth-order valence-electron chi connectivity index (χ4n) is 2.46. The molecule has 0 bridgehead atoms. The van der Waals surface area contributed by atoms with Crippen LogP contribution in [0.3, 0.4) is 0 Å². The highest BCUT2D eigenvalue weighted by Crippen LogP contribution is 2.43. The molecule has 1 fully saturated rings. The van der Waals surface area contributed by atoms with Crippen molar-refractivity contribution in [3.05, 3.63) is 23.7 Å². The summed E-state index contributed by atoms with van der Waals surface area (Å²) in [6.07, 6.45) is 6.51. The third-order valence-corrected chi connectivity index (χ3v) is 3.92. The second-order valence-corrected chi connectivity index (χ2v) is 4.89. The zero-order chi connectivity index (χ0) is 12.3. The van der Waals surface area contributed by atoms with Crippen molar-refractivity contribution in [2.75, 3.05) is 6.54 Å². The predicted octanol–water partition coefficient (Wildman–Crippen LogP) is 2.65. The fraction of sp³-hybridized carbons (Fsp3) is 0.615. The minimum absolute atomic E-state index is 0.0525. The molecule has 0 amide bonds. The van der Waals surface area contributed by atoms with Crippen LogP contribution in [0.2, 0.25) is 0 Å². The Bertz CT molecular complexity index is 388. The third kappa shape index (κ3) is 2.52. The summed E-state index contributed by atoms with van der Waals surface area (Å²) in [5, 5.41) is 12.2. The largest absolute Gasteiger partial charge is 0.475 e. The van der Waals surface area contributed by atoms with E-state index in [1.165, 1.54) is 31.9 Å². The van der Waals surface area contributed by atoms with Gasteiger partial charge in [-0.25, -0.2) is 4.79 Å². The van der Waals surface area contributed by atoms with Gasteiger partial charge in [-0.05, 0) is 30.7 Å². The van der Waals surface area contributed by atoms with Gasteiger partial charge in [0, 0.05) is 18.7 Å². The first-order valence-electron chi connectivity index (χ1n) is 6.17. The Kier molecular flexibility index (Phi) is 3.52. The normalized spacial score (nSPS) is 17.7. The number of hydrogen-bond donors (Lipinski definition) is 2. The number of rotatable bonds is 6. The van der Waals surface area contributed by atoms with Gasteiger partial charge in [0.25, 0.3) is 0 Å². The minimum Gasteiger partial charge on any atom is -0.475 e. The van der Waals surface area contributed by atoms with Crippen molar-refractivity contribution in [2.45, 2.75) is 39.2 Å². The molecule has 0 aliphatic heterocycles. The van der Waals surface area contributed by atoms with Crippen LogP contribution in [0.5, 0.6) is 0 Å². The summed E-state index contributed by atoms with van der Waals surface area (Å²) in [4.78, 5) is 10.8. The molecule has 1 heterocycles. The average Bonchev–Trinajstić information content (AvgIpc) is 2.70. The standard InChI is InChI=1S/C13H19NO3/c1-2-13(5-3-6-13)9-14-8-10-4-7-17-11(10)12(15)16/h4,7,14H,2-3,5-6,8-9H2,1H3,(H,15,16). The van der Waals surface area contributed by atoms with E-state index in [-0.39, 0.29) is 5.76 Å². The molecule has 1 aromatic rings. The van der Waals surface area contributed by atoms with Crippen molar-refractivity contribution in [1.29, 1.82) is 0 Å². The van der Waals surface area contributed by atoms with Crippen molar-refractivity contribution in [2.24, 2.45) is 5.41 Å². The van der Waals surface area contributed by atoms with Crippen LogP contribution in [0, 0.1) is 5.41 Å². The van der Waals surface area contributed by atoms with Crippen LogP contribution in [0.15, 0.2) is 16.7 Å². The predicted molar refractivity (Wildman–Crippen MR) is 63.9 cm³/mol. The first kappa shape index (κ1) is 12.2.